The third kappa shape index (κ3) is 6.10. The van der Waals surface area contributed by atoms with Crippen LogP contribution in [-0.4, -0.2) is 61.0 Å². The number of carbonyl (C=O) groups excluding carboxylic acids is 2. The van der Waals surface area contributed by atoms with Crippen molar-refractivity contribution in [3.8, 4) is 11.5 Å². The van der Waals surface area contributed by atoms with Gasteiger partial charge in [0, 0.05) is 41.5 Å². The van der Waals surface area contributed by atoms with Gasteiger partial charge in [0.1, 0.15) is 17.6 Å². The smallest absolute Gasteiger partial charge is 0.290 e. The number of rotatable bonds is 9. The minimum Gasteiger partial charge on any atom is -0.493 e. The number of hydrogen-bond acceptors (Lipinski definition) is 7. The summed E-state index contributed by atoms with van der Waals surface area (Å²) in [7, 11) is 6.15. The van der Waals surface area contributed by atoms with E-state index in [2.05, 4.69) is 32.9 Å². The van der Waals surface area contributed by atoms with Crippen molar-refractivity contribution in [2.45, 2.75) is 10.5 Å². The Labute approximate surface area is 229 Å². The molecule has 11 heteroatoms. The summed E-state index contributed by atoms with van der Waals surface area (Å²) in [6.45, 7) is 0. The van der Waals surface area contributed by atoms with Crippen LogP contribution in [0.2, 0.25) is 0 Å². The average molecular weight is 616 g/mol. The first-order valence-electron chi connectivity index (χ1n) is 11.2. The van der Waals surface area contributed by atoms with Gasteiger partial charge in [0.05, 0.1) is 14.2 Å². The molecule has 1 aromatic heterocycles. The number of nitrogens with zero attached hydrogens (tertiary/aromatic N) is 3. The Morgan fingerprint density at radius 3 is 2.30 bits per heavy atom. The van der Waals surface area contributed by atoms with Gasteiger partial charge < -0.3 is 20.5 Å². The van der Waals surface area contributed by atoms with Gasteiger partial charge >= 0.3 is 0 Å². The van der Waals surface area contributed by atoms with Crippen molar-refractivity contribution in [3.63, 3.8) is 0 Å². The SMILES string of the molecule is COc1ccc(C(Nc2ccc(C(=N)N)cc2)C(=O)N(C)N(C)C(=O)c2ccccn2)c(CI)c1OC. The molecule has 3 aromatic rings. The zero-order valence-electron chi connectivity index (χ0n) is 21.0. The molecule has 0 saturated carbocycles. The molecule has 2 amide bonds. The van der Waals surface area contributed by atoms with Crippen LogP contribution in [-0.2, 0) is 9.22 Å². The first kappa shape index (κ1) is 27.7. The number of nitrogens with two attached hydrogens (primary N) is 1. The van der Waals surface area contributed by atoms with Crippen molar-refractivity contribution in [1.82, 2.24) is 15.0 Å². The molecule has 37 heavy (non-hydrogen) atoms. The largest absolute Gasteiger partial charge is 0.493 e. The van der Waals surface area contributed by atoms with Crippen molar-refractivity contribution in [3.05, 3.63) is 83.2 Å². The Balaban J connectivity index is 2.05. The van der Waals surface area contributed by atoms with E-state index < -0.39 is 11.9 Å². The monoisotopic (exact) mass is 616 g/mol. The number of amidine groups is 1. The third-order valence-electron chi connectivity index (χ3n) is 5.83. The lowest BCUT2D eigenvalue weighted by Crippen LogP contribution is -2.48. The predicted molar refractivity (Wildman–Crippen MR) is 150 cm³/mol. The summed E-state index contributed by atoms with van der Waals surface area (Å²) in [6.07, 6.45) is 1.52. The van der Waals surface area contributed by atoms with Gasteiger partial charge in [0.15, 0.2) is 11.5 Å². The van der Waals surface area contributed by atoms with Crippen molar-refractivity contribution in [2.24, 2.45) is 5.73 Å². The summed E-state index contributed by atoms with van der Waals surface area (Å²) in [4.78, 5) is 31.0. The number of nitrogen functional groups attached to an aromatic ring is 1. The molecule has 4 N–H and O–H groups in total. The van der Waals surface area contributed by atoms with E-state index >= 15 is 0 Å². The molecule has 0 aliphatic carbocycles. The Hall–Kier alpha value is -3.87. The normalized spacial score (nSPS) is 11.3. The molecule has 3 rings (SSSR count). The first-order valence-corrected chi connectivity index (χ1v) is 12.7. The number of nitrogens with one attached hydrogen (secondary N) is 2. The molecule has 1 atom stereocenters. The number of anilines is 1. The number of alkyl halides is 1. The van der Waals surface area contributed by atoms with Crippen LogP contribution in [0.15, 0.2) is 60.8 Å². The third-order valence-corrected chi connectivity index (χ3v) is 6.59. The van der Waals surface area contributed by atoms with Gasteiger partial charge in [-0.25, -0.2) is 5.01 Å². The summed E-state index contributed by atoms with van der Waals surface area (Å²) in [5, 5.41) is 13.4. The fourth-order valence-corrected chi connectivity index (χ4v) is 4.51. The van der Waals surface area contributed by atoms with Crippen LogP contribution in [0.1, 0.15) is 33.2 Å². The Bertz CT molecular complexity index is 1270. The lowest BCUT2D eigenvalue weighted by atomic mass is 9.98. The van der Waals surface area contributed by atoms with Crippen LogP contribution in [0.3, 0.4) is 0 Å². The van der Waals surface area contributed by atoms with E-state index in [1.54, 1.807) is 62.8 Å². The van der Waals surface area contributed by atoms with Crippen molar-refractivity contribution < 1.29 is 19.1 Å². The number of likely N-dealkylation sites (N-methyl/N-ethyl adjacent to an activating group) is 1. The number of amides is 2. The van der Waals surface area contributed by atoms with Crippen LogP contribution in [0, 0.1) is 5.41 Å². The lowest BCUT2D eigenvalue weighted by molar-refractivity contribution is -0.141. The molecule has 2 aromatic carbocycles. The summed E-state index contributed by atoms with van der Waals surface area (Å²) in [5.41, 5.74) is 8.43. The maximum atomic E-state index is 13.9. The van der Waals surface area contributed by atoms with E-state index in [1.165, 1.54) is 30.3 Å². The van der Waals surface area contributed by atoms with Gasteiger partial charge in [-0.1, -0.05) is 34.7 Å². The number of aromatic nitrogens is 1. The van der Waals surface area contributed by atoms with E-state index in [4.69, 9.17) is 20.6 Å². The predicted octanol–water partition coefficient (Wildman–Crippen LogP) is 3.62. The van der Waals surface area contributed by atoms with E-state index in [-0.39, 0.29) is 17.4 Å². The Morgan fingerprint density at radius 1 is 1.05 bits per heavy atom. The number of benzene rings is 2. The number of pyridine rings is 1. The quantitative estimate of drug-likeness (QED) is 0.110. The van der Waals surface area contributed by atoms with Crippen LogP contribution >= 0.6 is 22.6 Å². The fourth-order valence-electron chi connectivity index (χ4n) is 3.73. The van der Waals surface area contributed by atoms with E-state index in [0.717, 1.165) is 5.56 Å². The summed E-state index contributed by atoms with van der Waals surface area (Å²) in [5.74, 6) is 0.205. The highest BCUT2D eigenvalue weighted by molar-refractivity contribution is 14.1. The molecule has 0 radical (unpaired) electrons. The van der Waals surface area contributed by atoms with Gasteiger partial charge in [-0.05, 0) is 48.0 Å². The number of ether oxygens (including phenoxy) is 2. The standard InChI is InChI=1S/C26H29IN6O4/c1-32(25(34)20-7-5-6-14-30-20)33(2)26(35)22(31-17-10-8-16(9-11-17)24(28)29)18-12-13-21(36-3)23(37-4)19(18)15-27/h5-14,22,31H,15H2,1-4H3,(H3,28,29). The lowest BCUT2D eigenvalue weighted by Gasteiger charge is -2.33. The van der Waals surface area contributed by atoms with Crippen LogP contribution in [0.4, 0.5) is 5.69 Å². The molecule has 194 valence electrons. The van der Waals surface area contributed by atoms with Gasteiger partial charge in [-0.2, -0.15) is 0 Å². The number of carbonyl (C=O) groups is 2. The van der Waals surface area contributed by atoms with Crippen LogP contribution in [0.25, 0.3) is 0 Å². The molecule has 0 aliphatic heterocycles. The minimum atomic E-state index is -0.892. The summed E-state index contributed by atoms with van der Waals surface area (Å²) >= 11 is 2.21. The maximum Gasteiger partial charge on any atom is 0.290 e. The van der Waals surface area contributed by atoms with Gasteiger partial charge in [-0.15, -0.1) is 0 Å². The number of hydrazine groups is 1. The van der Waals surface area contributed by atoms with E-state index in [1.807, 2.05) is 6.07 Å². The van der Waals surface area contributed by atoms with Crippen molar-refractivity contribution in [1.29, 1.82) is 5.41 Å². The average Bonchev–Trinajstić information content (AvgIpc) is 2.94. The van der Waals surface area contributed by atoms with Crippen LogP contribution in [0.5, 0.6) is 11.5 Å². The second kappa shape index (κ2) is 12.4. The Morgan fingerprint density at radius 2 is 1.76 bits per heavy atom. The van der Waals surface area contributed by atoms with Gasteiger partial charge in [-0.3, -0.25) is 25.0 Å². The second-order valence-corrected chi connectivity index (χ2v) is 8.74. The van der Waals surface area contributed by atoms with Crippen LogP contribution < -0.4 is 20.5 Å². The zero-order valence-corrected chi connectivity index (χ0v) is 23.1. The molecule has 0 bridgehead atoms. The minimum absolute atomic E-state index is 0.0549. The van der Waals surface area contributed by atoms with E-state index in [9.17, 15) is 9.59 Å². The van der Waals surface area contributed by atoms with Crippen molar-refractivity contribution >= 4 is 45.9 Å². The highest BCUT2D eigenvalue weighted by Crippen LogP contribution is 2.38. The molecular weight excluding hydrogens is 587 g/mol. The number of halogens is 1. The molecule has 0 saturated heterocycles. The molecule has 10 nitrogen and oxygen atoms in total. The molecule has 0 fully saturated rings. The summed E-state index contributed by atoms with van der Waals surface area (Å²) < 4.78 is 11.6. The fraction of sp³-hybridized carbons (Fsp3) is 0.231. The summed E-state index contributed by atoms with van der Waals surface area (Å²) in [6, 6.07) is 14.5. The first-order chi connectivity index (χ1) is 17.7. The molecule has 1 unspecified atom stereocenters. The highest BCUT2D eigenvalue weighted by atomic mass is 127. The molecule has 1 heterocycles. The van der Waals surface area contributed by atoms with Gasteiger partial charge in [0.2, 0.25) is 0 Å². The molecular formula is C26H29IN6O4. The van der Waals surface area contributed by atoms with E-state index in [0.29, 0.717) is 32.7 Å². The molecule has 0 aliphatic rings. The highest BCUT2D eigenvalue weighted by Gasteiger charge is 2.32. The second-order valence-electron chi connectivity index (χ2n) is 7.98. The van der Waals surface area contributed by atoms with Gasteiger partial charge in [0.25, 0.3) is 11.8 Å². The topological polar surface area (TPSA) is 134 Å². The number of methoxy groups -OCH3 is 2. The van der Waals surface area contributed by atoms with Crippen molar-refractivity contribution in [2.75, 3.05) is 33.6 Å². The zero-order chi connectivity index (χ0) is 27.1. The molecule has 0 spiro atoms. The Kier molecular flexibility index (Phi) is 9.28. The maximum absolute atomic E-state index is 13.9. The number of hydrogen-bond donors (Lipinski definition) is 3.